The van der Waals surface area contributed by atoms with Crippen LogP contribution in [0.4, 0.5) is 4.39 Å². The number of fused-ring (bicyclic) bond motifs is 1. The lowest BCUT2D eigenvalue weighted by molar-refractivity contribution is 0.528. The van der Waals surface area contributed by atoms with Gasteiger partial charge in [0.15, 0.2) is 5.65 Å². The van der Waals surface area contributed by atoms with Crippen LogP contribution in [0.3, 0.4) is 0 Å². The molecule has 2 aromatic heterocycles. The van der Waals surface area contributed by atoms with Crippen LogP contribution in [-0.4, -0.2) is 19.4 Å². The van der Waals surface area contributed by atoms with Crippen molar-refractivity contribution in [3.05, 3.63) is 57.9 Å². The second kappa shape index (κ2) is 4.01. The van der Waals surface area contributed by atoms with Gasteiger partial charge in [0.2, 0.25) is 5.95 Å². The van der Waals surface area contributed by atoms with Gasteiger partial charge in [-0.1, -0.05) is 11.3 Å². The highest BCUT2D eigenvalue weighted by atomic mass is 19.1. The van der Waals surface area contributed by atoms with E-state index in [2.05, 4.69) is 10.3 Å². The zero-order chi connectivity index (χ0) is 13.6. The summed E-state index contributed by atoms with van der Waals surface area (Å²) in [5.41, 5.74) is 2.70. The van der Waals surface area contributed by atoms with Gasteiger partial charge in [0.05, 0.1) is 18.0 Å². The molecule has 0 aliphatic carbocycles. The van der Waals surface area contributed by atoms with Crippen molar-refractivity contribution in [3.8, 4) is 5.69 Å². The number of aromatic nitrogens is 4. The minimum atomic E-state index is -0.724. The first-order valence-electron chi connectivity index (χ1n) is 5.77. The largest absolute Gasteiger partial charge is 0.269 e. The number of aryl methyl sites for hydroxylation is 2. The van der Waals surface area contributed by atoms with Gasteiger partial charge in [-0.2, -0.15) is 8.91 Å². The molecule has 0 fully saturated rings. The number of hydrogen-bond acceptors (Lipinski definition) is 3. The van der Waals surface area contributed by atoms with Gasteiger partial charge < -0.3 is 0 Å². The summed E-state index contributed by atoms with van der Waals surface area (Å²) in [7, 11) is 0. The molecule has 0 radical (unpaired) electrons. The summed E-state index contributed by atoms with van der Waals surface area (Å²) in [4.78, 5) is 12.0. The molecule has 96 valence electrons. The molecule has 0 amide bonds. The van der Waals surface area contributed by atoms with Gasteiger partial charge in [0, 0.05) is 0 Å². The van der Waals surface area contributed by atoms with Gasteiger partial charge in [0.1, 0.15) is 0 Å². The van der Waals surface area contributed by atoms with Crippen molar-refractivity contribution in [2.75, 3.05) is 0 Å². The van der Waals surface area contributed by atoms with Gasteiger partial charge in [-0.3, -0.25) is 9.36 Å². The van der Waals surface area contributed by atoms with E-state index in [1.54, 1.807) is 0 Å². The van der Waals surface area contributed by atoms with E-state index in [4.69, 9.17) is 0 Å². The third-order valence-corrected chi connectivity index (χ3v) is 3.17. The van der Waals surface area contributed by atoms with E-state index in [1.807, 2.05) is 32.0 Å². The minimum absolute atomic E-state index is 0.299. The van der Waals surface area contributed by atoms with Crippen molar-refractivity contribution in [1.82, 2.24) is 19.4 Å². The third kappa shape index (κ3) is 1.72. The summed E-state index contributed by atoms with van der Waals surface area (Å²) in [6, 6.07) is 6.51. The quantitative estimate of drug-likeness (QED) is 0.623. The zero-order valence-electron chi connectivity index (χ0n) is 10.5. The SMILES string of the molecule is Cc1ccc(-n2c(=O)cc(F)n3nncc23)cc1C. The summed E-state index contributed by atoms with van der Waals surface area (Å²) < 4.78 is 15.9. The Labute approximate surface area is 107 Å². The van der Waals surface area contributed by atoms with Crippen molar-refractivity contribution in [1.29, 1.82) is 0 Å². The van der Waals surface area contributed by atoms with E-state index in [1.165, 1.54) is 10.8 Å². The summed E-state index contributed by atoms with van der Waals surface area (Å²) in [6.07, 6.45) is 1.36. The van der Waals surface area contributed by atoms with Crippen molar-refractivity contribution in [2.24, 2.45) is 0 Å². The maximum absolute atomic E-state index is 13.6. The molecule has 0 atom stereocenters. The molecule has 5 nitrogen and oxygen atoms in total. The van der Waals surface area contributed by atoms with Gasteiger partial charge in [-0.05, 0) is 37.1 Å². The molecule has 3 rings (SSSR count). The second-order valence-corrected chi connectivity index (χ2v) is 4.41. The van der Waals surface area contributed by atoms with Gasteiger partial charge >= 0.3 is 0 Å². The molecule has 6 heteroatoms. The predicted octanol–water partition coefficient (Wildman–Crippen LogP) is 1.64. The fourth-order valence-electron chi connectivity index (χ4n) is 2.00. The summed E-state index contributed by atoms with van der Waals surface area (Å²) in [5, 5.41) is 7.26. The van der Waals surface area contributed by atoms with E-state index in [0.29, 0.717) is 11.3 Å². The molecule has 0 aliphatic heterocycles. The van der Waals surface area contributed by atoms with Crippen molar-refractivity contribution < 1.29 is 4.39 Å². The molecule has 0 saturated carbocycles. The number of hydrogen-bond donors (Lipinski definition) is 0. The lowest BCUT2D eigenvalue weighted by Gasteiger charge is -2.09. The lowest BCUT2D eigenvalue weighted by atomic mass is 10.1. The van der Waals surface area contributed by atoms with Crippen molar-refractivity contribution in [3.63, 3.8) is 0 Å². The van der Waals surface area contributed by atoms with Gasteiger partial charge in [-0.15, -0.1) is 5.10 Å². The summed E-state index contributed by atoms with van der Waals surface area (Å²) >= 11 is 0. The van der Waals surface area contributed by atoms with Crippen LogP contribution in [0.15, 0.2) is 35.3 Å². The fourth-order valence-corrected chi connectivity index (χ4v) is 2.00. The Morgan fingerprint density at radius 1 is 1.16 bits per heavy atom. The highest BCUT2D eigenvalue weighted by Crippen LogP contribution is 2.15. The summed E-state index contributed by atoms with van der Waals surface area (Å²) in [5.74, 6) is -0.724. The second-order valence-electron chi connectivity index (χ2n) is 4.41. The van der Waals surface area contributed by atoms with E-state index in [-0.39, 0.29) is 0 Å². The van der Waals surface area contributed by atoms with E-state index < -0.39 is 11.5 Å². The van der Waals surface area contributed by atoms with Crippen LogP contribution < -0.4 is 5.56 Å². The molecule has 2 heterocycles. The highest BCUT2D eigenvalue weighted by Gasteiger charge is 2.11. The topological polar surface area (TPSA) is 52.2 Å². The Kier molecular flexibility index (Phi) is 2.45. The smallest absolute Gasteiger partial charge is 0.261 e. The molecule has 3 aromatic rings. The first kappa shape index (κ1) is 11.6. The van der Waals surface area contributed by atoms with Crippen molar-refractivity contribution in [2.45, 2.75) is 13.8 Å². The van der Waals surface area contributed by atoms with E-state index in [0.717, 1.165) is 21.7 Å². The molecule has 0 N–H and O–H groups in total. The Hall–Kier alpha value is -2.50. The molecular formula is C13H11FN4O. The molecule has 0 saturated heterocycles. The molecule has 1 aromatic carbocycles. The average molecular weight is 258 g/mol. The monoisotopic (exact) mass is 258 g/mol. The molecule has 0 spiro atoms. The molecule has 0 aliphatic rings. The van der Waals surface area contributed by atoms with Crippen LogP contribution in [0, 0.1) is 19.8 Å². The van der Waals surface area contributed by atoms with Crippen LogP contribution >= 0.6 is 0 Å². The number of halogens is 1. The Morgan fingerprint density at radius 2 is 1.95 bits per heavy atom. The minimum Gasteiger partial charge on any atom is -0.269 e. The third-order valence-electron chi connectivity index (χ3n) is 3.17. The predicted molar refractivity (Wildman–Crippen MR) is 68.0 cm³/mol. The fraction of sp³-hybridized carbons (Fsp3) is 0.154. The maximum Gasteiger partial charge on any atom is 0.261 e. The first-order valence-corrected chi connectivity index (χ1v) is 5.77. The van der Waals surface area contributed by atoms with Crippen LogP contribution in [-0.2, 0) is 0 Å². The zero-order valence-corrected chi connectivity index (χ0v) is 10.5. The van der Waals surface area contributed by atoms with E-state index in [9.17, 15) is 9.18 Å². The number of rotatable bonds is 1. The number of benzene rings is 1. The molecular weight excluding hydrogens is 247 g/mol. The standard InChI is InChI=1S/C13H11FN4O/c1-8-3-4-10(5-9(8)2)17-12-7-15-16-18(12)11(14)6-13(17)19/h3-7H,1-2H3. The normalized spacial score (nSPS) is 11.1. The van der Waals surface area contributed by atoms with Crippen LogP contribution in [0.1, 0.15) is 11.1 Å². The van der Waals surface area contributed by atoms with E-state index >= 15 is 0 Å². The first-order chi connectivity index (χ1) is 9.08. The molecule has 19 heavy (non-hydrogen) atoms. The number of nitrogens with zero attached hydrogens (tertiary/aromatic N) is 4. The van der Waals surface area contributed by atoms with Crippen LogP contribution in [0.25, 0.3) is 11.3 Å². The average Bonchev–Trinajstić information content (AvgIpc) is 2.83. The maximum atomic E-state index is 13.6. The van der Waals surface area contributed by atoms with Crippen LogP contribution in [0.5, 0.6) is 0 Å². The summed E-state index contributed by atoms with van der Waals surface area (Å²) in [6.45, 7) is 3.95. The lowest BCUT2D eigenvalue weighted by Crippen LogP contribution is -2.21. The van der Waals surface area contributed by atoms with Crippen LogP contribution in [0.2, 0.25) is 0 Å². The Balaban J connectivity index is 2.39. The van der Waals surface area contributed by atoms with Crippen molar-refractivity contribution >= 4 is 5.65 Å². The Morgan fingerprint density at radius 3 is 2.68 bits per heavy atom. The Bertz CT molecular complexity index is 834. The highest BCUT2D eigenvalue weighted by molar-refractivity contribution is 5.48. The van der Waals surface area contributed by atoms with Gasteiger partial charge in [-0.25, -0.2) is 0 Å². The molecule has 0 unspecified atom stereocenters. The van der Waals surface area contributed by atoms with Gasteiger partial charge in [0.25, 0.3) is 5.56 Å². The molecule has 0 bridgehead atoms.